The van der Waals surface area contributed by atoms with Gasteiger partial charge in [0.15, 0.2) is 0 Å². The molecule has 0 fully saturated rings. The second-order valence-corrected chi connectivity index (χ2v) is 19.2. The van der Waals surface area contributed by atoms with E-state index in [2.05, 4.69) is 0 Å². The van der Waals surface area contributed by atoms with E-state index in [-0.39, 0.29) is 0 Å². The Morgan fingerprint density at radius 2 is 0.274 bits per heavy atom. The molecule has 0 radical (unpaired) electrons. The molecular weight excluding hydrogens is 1430 g/mol. The van der Waals surface area contributed by atoms with Gasteiger partial charge in [-0.2, -0.15) is 224 Å². The summed E-state index contributed by atoms with van der Waals surface area (Å²) < 4.78 is 700. The molecule has 0 amide bonds. The van der Waals surface area contributed by atoms with Crippen LogP contribution in [0, 0.1) is 5.41 Å². The summed E-state index contributed by atoms with van der Waals surface area (Å²) in [6.07, 6.45) is -25.4. The van der Waals surface area contributed by atoms with Crippen molar-refractivity contribution in [3.63, 3.8) is 0 Å². The van der Waals surface area contributed by atoms with Crippen molar-refractivity contribution < 1.29 is 229 Å². The van der Waals surface area contributed by atoms with Gasteiger partial charge < -0.3 is 5.11 Å². The van der Waals surface area contributed by atoms with Crippen molar-refractivity contribution in [2.75, 3.05) is 23.9 Å². The normalized spacial score (nSPS) is 17.1. The fourth-order valence-electron chi connectivity index (χ4n) is 4.71. The van der Waals surface area contributed by atoms with Crippen molar-refractivity contribution in [3.05, 3.63) is 0 Å². The van der Waals surface area contributed by atoms with Crippen LogP contribution in [0.4, 0.5) is 224 Å². The zero-order valence-electron chi connectivity index (χ0n) is 36.3. The molecule has 0 aliphatic rings. The van der Waals surface area contributed by atoms with Crippen LogP contribution in [0.2, 0.25) is 0 Å². The van der Waals surface area contributed by atoms with Crippen LogP contribution in [-0.2, 0) is 0 Å². The van der Waals surface area contributed by atoms with Gasteiger partial charge in [-0.25, -0.2) is 0 Å². The smallest absolute Gasteiger partial charge is 0.396 e. The molecule has 0 aromatic carbocycles. The van der Waals surface area contributed by atoms with Crippen LogP contribution in [0.5, 0.6) is 0 Å². The standard InChI is InChI=1S/C29H9F51OS3/c30-6(31,12(42,43)18(54,55)24(66,67)68)9(36,37)15(48,49)21(60,61)27(75,76)82-2-5(1-81,3-83-28(77,78)22(62,63)16(50,51)10(38,39)7(32,33)13(44,45)19(56,57)25(69,70)71)4-84-29(79,80)23(64,65)17(52,53)11(40,41)8(34,35)14(46,47)20(58,59)26(72,73)74/h81H,1-4H2. The minimum atomic E-state index is -9.72. The number of hydrogen-bond acceptors (Lipinski definition) is 4. The highest BCUT2D eigenvalue weighted by Crippen LogP contribution is 2.70. The third-order valence-corrected chi connectivity index (χ3v) is 14.2. The Balaban J connectivity index is 8.48. The van der Waals surface area contributed by atoms with Crippen LogP contribution in [0.3, 0.4) is 0 Å². The number of alkyl halides is 51. The molecule has 84 heavy (non-hydrogen) atoms. The maximum Gasteiger partial charge on any atom is 0.460 e. The van der Waals surface area contributed by atoms with E-state index in [4.69, 9.17) is 0 Å². The van der Waals surface area contributed by atoms with Crippen LogP contribution in [0.15, 0.2) is 0 Å². The first-order valence-electron chi connectivity index (χ1n) is 18.1. The highest BCUT2D eigenvalue weighted by molar-refractivity contribution is 8.02. The summed E-state index contributed by atoms with van der Waals surface area (Å²) in [6.45, 7) is -3.82. The molecule has 1 nitrogen and oxygen atoms in total. The summed E-state index contributed by atoms with van der Waals surface area (Å²) in [6, 6.07) is 0. The SMILES string of the molecule is OCC(CSC(F)(F)C(F)(F)C(F)(F)C(F)(F)C(F)(F)C(F)(F)C(F)(F)C(F)(F)F)(CSC(F)(F)C(F)(F)C(F)(F)C(F)(F)C(F)(F)C(F)(F)C(F)(F)C(F)(F)F)CSC(F)(F)C(F)(F)C(F)(F)C(F)(F)C(F)(F)C(F)(F)C(F)(F)C(F)(F)F. The van der Waals surface area contributed by atoms with E-state index in [9.17, 15) is 229 Å². The third kappa shape index (κ3) is 11.0. The molecule has 0 saturated carbocycles. The lowest BCUT2D eigenvalue weighted by atomic mass is 9.91. The lowest BCUT2D eigenvalue weighted by Crippen LogP contribution is -2.74. The molecular formula is C29H9F51OS3. The van der Waals surface area contributed by atoms with Crippen LogP contribution in [0.25, 0.3) is 0 Å². The Morgan fingerprint density at radius 1 is 0.167 bits per heavy atom. The summed E-state index contributed by atoms with van der Waals surface area (Å²) in [5, 5.41) is -15.7. The monoisotopic (exact) mass is 1440 g/mol. The van der Waals surface area contributed by atoms with E-state index in [0.29, 0.717) is 0 Å². The zero-order valence-corrected chi connectivity index (χ0v) is 38.7. The number of aliphatic hydroxyl groups excluding tert-OH is 1. The van der Waals surface area contributed by atoms with Gasteiger partial charge in [0, 0.05) is 22.7 Å². The summed E-state index contributed by atoms with van der Waals surface area (Å²) >= 11 is -10.8. The molecule has 0 atom stereocenters. The highest BCUT2D eigenvalue weighted by atomic mass is 32.2. The molecule has 0 rings (SSSR count). The Labute approximate surface area is 435 Å². The number of thioether (sulfide) groups is 3. The van der Waals surface area contributed by atoms with Gasteiger partial charge in [0.2, 0.25) is 0 Å². The van der Waals surface area contributed by atoms with Crippen molar-refractivity contribution >= 4 is 35.3 Å². The van der Waals surface area contributed by atoms with Gasteiger partial charge in [-0.05, 0) is 0 Å². The van der Waals surface area contributed by atoms with E-state index in [0.717, 1.165) is 0 Å². The molecule has 0 spiro atoms. The lowest BCUT2D eigenvalue weighted by Gasteiger charge is -2.44. The second-order valence-electron chi connectivity index (χ2n) is 15.9. The summed E-state index contributed by atoms with van der Waals surface area (Å²) in [5.74, 6) is -182. The van der Waals surface area contributed by atoms with Gasteiger partial charge in [-0.3, -0.25) is 0 Å². The average molecular weight is 1440 g/mol. The van der Waals surface area contributed by atoms with Crippen LogP contribution in [-0.4, -0.2) is 170 Å². The van der Waals surface area contributed by atoms with E-state index in [1.807, 2.05) is 0 Å². The molecule has 0 unspecified atom stereocenters. The molecule has 0 aliphatic heterocycles. The van der Waals surface area contributed by atoms with Gasteiger partial charge >= 0.3 is 141 Å². The largest absolute Gasteiger partial charge is 0.460 e. The summed E-state index contributed by atoms with van der Waals surface area (Å²) in [7, 11) is 0. The Morgan fingerprint density at radius 3 is 0.381 bits per heavy atom. The van der Waals surface area contributed by atoms with Gasteiger partial charge in [0.05, 0.1) is 6.61 Å². The minimum absolute atomic E-state index is 3.59. The van der Waals surface area contributed by atoms with E-state index in [1.165, 1.54) is 0 Å². The Bertz CT molecular complexity index is 2030. The second kappa shape index (κ2) is 21.3. The Kier molecular flexibility index (Phi) is 20.6. The highest BCUT2D eigenvalue weighted by Gasteiger charge is 2.99. The zero-order chi connectivity index (χ0) is 69.4. The molecule has 1 N–H and O–H groups in total. The van der Waals surface area contributed by atoms with Crippen LogP contribution < -0.4 is 0 Å². The molecule has 55 heteroatoms. The Hall–Kier alpha value is -2.56. The van der Waals surface area contributed by atoms with Crippen molar-refractivity contribution in [1.82, 2.24) is 0 Å². The first-order chi connectivity index (χ1) is 35.4. The molecule has 0 aliphatic carbocycles. The fraction of sp³-hybridized carbons (Fsp3) is 1.00. The molecule has 0 aromatic heterocycles. The van der Waals surface area contributed by atoms with Crippen LogP contribution >= 0.6 is 35.3 Å². The van der Waals surface area contributed by atoms with Crippen molar-refractivity contribution in [1.29, 1.82) is 0 Å². The quantitative estimate of drug-likeness (QED) is 0.0788. The van der Waals surface area contributed by atoms with Crippen molar-refractivity contribution in [2.45, 2.75) is 141 Å². The average Bonchev–Trinajstić information content (AvgIpc) is 3.26. The third-order valence-electron chi connectivity index (χ3n) is 10.1. The fourth-order valence-corrected chi connectivity index (χ4v) is 8.38. The minimum Gasteiger partial charge on any atom is -0.396 e. The lowest BCUT2D eigenvalue weighted by molar-refractivity contribution is -0.458. The van der Waals surface area contributed by atoms with Crippen LogP contribution in [0.1, 0.15) is 0 Å². The number of aliphatic hydroxyl groups is 1. The van der Waals surface area contributed by atoms with Gasteiger partial charge in [0.1, 0.15) is 0 Å². The topological polar surface area (TPSA) is 20.2 Å². The molecule has 506 valence electrons. The van der Waals surface area contributed by atoms with Crippen molar-refractivity contribution in [2.24, 2.45) is 5.41 Å². The summed E-state index contributed by atoms with van der Waals surface area (Å²) in [4.78, 5) is 0. The first kappa shape index (κ1) is 81.4. The number of halogens is 51. The molecule has 0 saturated heterocycles. The first-order valence-corrected chi connectivity index (χ1v) is 21.1. The predicted molar refractivity (Wildman–Crippen MR) is 169 cm³/mol. The molecule has 0 heterocycles. The van der Waals surface area contributed by atoms with Gasteiger partial charge in [0.25, 0.3) is 0 Å². The van der Waals surface area contributed by atoms with Gasteiger partial charge in [-0.15, -0.1) is 0 Å². The van der Waals surface area contributed by atoms with Gasteiger partial charge in [-0.1, -0.05) is 35.3 Å². The molecule has 0 bridgehead atoms. The molecule has 0 aromatic rings. The summed E-state index contributed by atoms with van der Waals surface area (Å²) in [5.41, 5.74) is -5.59. The number of hydrogen-bond donors (Lipinski definition) is 1. The number of rotatable bonds is 28. The van der Waals surface area contributed by atoms with E-state index < -0.39 is 205 Å². The van der Waals surface area contributed by atoms with Crippen molar-refractivity contribution in [3.8, 4) is 0 Å². The van der Waals surface area contributed by atoms with E-state index in [1.54, 1.807) is 0 Å². The maximum absolute atomic E-state index is 14.8. The van der Waals surface area contributed by atoms with E-state index >= 15 is 0 Å². The maximum atomic E-state index is 14.8. The predicted octanol–water partition coefficient (Wildman–Crippen LogP) is 18.1.